The van der Waals surface area contributed by atoms with E-state index >= 15 is 0 Å². The van der Waals surface area contributed by atoms with Crippen molar-refractivity contribution >= 4 is 0 Å². The molecule has 2 atom stereocenters. The maximum atomic E-state index is 12.9. The Morgan fingerprint density at radius 1 is 0.893 bits per heavy atom. The first-order valence-corrected chi connectivity index (χ1v) is 8.22. The van der Waals surface area contributed by atoms with Crippen molar-refractivity contribution in [3.05, 3.63) is 70.8 Å². The van der Waals surface area contributed by atoms with Gasteiger partial charge < -0.3 is 15.6 Å². The van der Waals surface area contributed by atoms with Crippen molar-refractivity contribution in [1.82, 2.24) is 0 Å². The standard InChI is InChI=1S/C19H19F6NO2/c1-17(27,13-5-3-2-4-6-13)10-16(26)28-11-12-7-14(18(20,21)22)9-15(8-12)19(23,24)25/h2-9,16,27H,10-11,26H2,1H3. The van der Waals surface area contributed by atoms with E-state index in [1.54, 1.807) is 30.3 Å². The number of hydrogen-bond donors (Lipinski definition) is 2. The Morgan fingerprint density at radius 3 is 1.86 bits per heavy atom. The molecule has 0 bridgehead atoms. The molecule has 2 rings (SSSR count). The van der Waals surface area contributed by atoms with Gasteiger partial charge in [-0.25, -0.2) is 0 Å². The molecule has 2 aromatic rings. The van der Waals surface area contributed by atoms with E-state index in [1.807, 2.05) is 0 Å². The summed E-state index contributed by atoms with van der Waals surface area (Å²) in [4.78, 5) is 0. The minimum atomic E-state index is -4.94. The number of hydrogen-bond acceptors (Lipinski definition) is 3. The maximum Gasteiger partial charge on any atom is 0.416 e. The summed E-state index contributed by atoms with van der Waals surface area (Å²) >= 11 is 0. The number of rotatable bonds is 6. The molecule has 28 heavy (non-hydrogen) atoms. The van der Waals surface area contributed by atoms with E-state index in [9.17, 15) is 31.4 Å². The van der Waals surface area contributed by atoms with Gasteiger partial charge >= 0.3 is 12.4 Å². The van der Waals surface area contributed by atoms with Crippen molar-refractivity contribution in [3.8, 4) is 0 Å². The second-order valence-electron chi connectivity index (χ2n) is 6.61. The Bertz CT molecular complexity index is 755. The van der Waals surface area contributed by atoms with Crippen LogP contribution in [0.5, 0.6) is 0 Å². The molecule has 0 spiro atoms. The lowest BCUT2D eigenvalue weighted by molar-refractivity contribution is -0.143. The summed E-state index contributed by atoms with van der Waals surface area (Å²) in [7, 11) is 0. The molecular weight excluding hydrogens is 388 g/mol. The highest BCUT2D eigenvalue weighted by atomic mass is 19.4. The number of benzene rings is 2. The summed E-state index contributed by atoms with van der Waals surface area (Å²) in [5.41, 5.74) is 1.76. The van der Waals surface area contributed by atoms with Crippen LogP contribution >= 0.6 is 0 Å². The smallest absolute Gasteiger partial charge is 0.385 e. The molecule has 0 saturated heterocycles. The molecule has 0 fully saturated rings. The molecule has 0 aromatic heterocycles. The van der Waals surface area contributed by atoms with E-state index < -0.39 is 41.9 Å². The molecule has 3 nitrogen and oxygen atoms in total. The average Bonchev–Trinajstić information content (AvgIpc) is 2.58. The Balaban J connectivity index is 2.13. The lowest BCUT2D eigenvalue weighted by atomic mass is 9.92. The van der Waals surface area contributed by atoms with Crippen LogP contribution < -0.4 is 5.73 Å². The number of halogens is 6. The molecule has 2 unspecified atom stereocenters. The molecule has 2 aromatic carbocycles. The van der Waals surface area contributed by atoms with E-state index in [4.69, 9.17) is 10.5 Å². The third kappa shape index (κ3) is 5.95. The van der Waals surface area contributed by atoms with E-state index in [0.29, 0.717) is 17.7 Å². The van der Waals surface area contributed by atoms with Crippen LogP contribution in [0.1, 0.15) is 35.6 Å². The molecule has 0 heterocycles. The molecule has 0 aliphatic rings. The van der Waals surface area contributed by atoms with E-state index in [0.717, 1.165) is 0 Å². The van der Waals surface area contributed by atoms with Gasteiger partial charge in [-0.2, -0.15) is 26.3 Å². The number of alkyl halides is 6. The highest BCUT2D eigenvalue weighted by molar-refractivity contribution is 5.33. The fourth-order valence-electron chi connectivity index (χ4n) is 2.67. The normalized spacial score (nSPS) is 15.9. The van der Waals surface area contributed by atoms with Crippen LogP contribution in [-0.2, 0) is 29.3 Å². The molecule has 0 radical (unpaired) electrons. The van der Waals surface area contributed by atoms with Crippen LogP contribution in [0.15, 0.2) is 48.5 Å². The van der Waals surface area contributed by atoms with Gasteiger partial charge in [-0.1, -0.05) is 30.3 Å². The minimum absolute atomic E-state index is 0.0453. The first-order chi connectivity index (χ1) is 12.8. The van der Waals surface area contributed by atoms with Gasteiger partial charge in [0.25, 0.3) is 0 Å². The second-order valence-corrected chi connectivity index (χ2v) is 6.61. The summed E-state index contributed by atoms with van der Waals surface area (Å²) in [5.74, 6) is 0. The zero-order chi connectivity index (χ0) is 21.2. The van der Waals surface area contributed by atoms with Crippen LogP contribution in [0.4, 0.5) is 26.3 Å². The number of nitrogens with two attached hydrogens (primary N) is 1. The highest BCUT2D eigenvalue weighted by Crippen LogP contribution is 2.36. The monoisotopic (exact) mass is 407 g/mol. The van der Waals surface area contributed by atoms with Crippen LogP contribution in [0.25, 0.3) is 0 Å². The van der Waals surface area contributed by atoms with Crippen molar-refractivity contribution in [3.63, 3.8) is 0 Å². The van der Waals surface area contributed by atoms with Crippen LogP contribution in [-0.4, -0.2) is 11.3 Å². The maximum absolute atomic E-state index is 12.9. The van der Waals surface area contributed by atoms with Gasteiger partial charge in [0.2, 0.25) is 0 Å². The molecule has 9 heteroatoms. The van der Waals surface area contributed by atoms with Gasteiger partial charge in [-0.15, -0.1) is 0 Å². The second kappa shape index (κ2) is 8.10. The average molecular weight is 407 g/mol. The quantitative estimate of drug-likeness (QED) is 0.533. The van der Waals surface area contributed by atoms with Crippen LogP contribution in [0.2, 0.25) is 0 Å². The van der Waals surface area contributed by atoms with Crippen LogP contribution in [0, 0.1) is 0 Å². The van der Waals surface area contributed by atoms with Gasteiger partial charge in [0.15, 0.2) is 0 Å². The molecule has 0 aliphatic carbocycles. The molecule has 0 amide bonds. The van der Waals surface area contributed by atoms with Crippen molar-refractivity contribution < 1.29 is 36.2 Å². The van der Waals surface area contributed by atoms with Crippen molar-refractivity contribution in [2.24, 2.45) is 5.73 Å². The SMILES string of the molecule is CC(O)(CC(N)OCc1cc(C(F)(F)F)cc(C(F)(F)F)c1)c1ccccc1. The Labute approximate surface area is 157 Å². The van der Waals surface area contributed by atoms with Crippen molar-refractivity contribution in [2.45, 2.75) is 44.1 Å². The number of aliphatic hydroxyl groups is 1. The fraction of sp³-hybridized carbons (Fsp3) is 0.368. The Kier molecular flexibility index (Phi) is 6.42. The van der Waals surface area contributed by atoms with Gasteiger partial charge in [0, 0.05) is 6.42 Å². The molecule has 0 saturated carbocycles. The molecular formula is C19H19F6NO2. The Morgan fingerprint density at radius 2 is 1.39 bits per heavy atom. The summed E-state index contributed by atoms with van der Waals surface area (Å²) < 4.78 is 82.5. The van der Waals surface area contributed by atoms with E-state index in [2.05, 4.69) is 0 Å². The van der Waals surface area contributed by atoms with Gasteiger partial charge in [0.05, 0.1) is 23.3 Å². The zero-order valence-corrected chi connectivity index (χ0v) is 14.8. The predicted molar refractivity (Wildman–Crippen MR) is 89.8 cm³/mol. The molecule has 0 aliphatic heterocycles. The summed E-state index contributed by atoms with van der Waals surface area (Å²) in [6, 6.07) is 9.69. The summed E-state index contributed by atoms with van der Waals surface area (Å²) in [5, 5.41) is 10.5. The number of ether oxygens (including phenoxy) is 1. The third-order valence-electron chi connectivity index (χ3n) is 4.11. The van der Waals surface area contributed by atoms with Crippen molar-refractivity contribution in [1.29, 1.82) is 0 Å². The molecule has 154 valence electrons. The lowest BCUT2D eigenvalue weighted by Gasteiger charge is -2.27. The van der Waals surface area contributed by atoms with Gasteiger partial charge in [-0.3, -0.25) is 0 Å². The highest BCUT2D eigenvalue weighted by Gasteiger charge is 2.37. The fourth-order valence-corrected chi connectivity index (χ4v) is 2.67. The van der Waals surface area contributed by atoms with Gasteiger partial charge in [-0.05, 0) is 36.2 Å². The van der Waals surface area contributed by atoms with Crippen molar-refractivity contribution in [2.75, 3.05) is 0 Å². The van der Waals surface area contributed by atoms with Crippen LogP contribution in [0.3, 0.4) is 0 Å². The zero-order valence-electron chi connectivity index (χ0n) is 14.8. The third-order valence-corrected chi connectivity index (χ3v) is 4.11. The van der Waals surface area contributed by atoms with Gasteiger partial charge in [0.1, 0.15) is 6.23 Å². The predicted octanol–water partition coefficient (Wildman–Crippen LogP) is 4.82. The first-order valence-electron chi connectivity index (χ1n) is 8.22. The van der Waals surface area contributed by atoms with E-state index in [1.165, 1.54) is 6.92 Å². The summed E-state index contributed by atoms with van der Waals surface area (Å²) in [6.45, 7) is 0.913. The molecule has 3 N–H and O–H groups in total. The van der Waals surface area contributed by atoms with E-state index in [-0.39, 0.29) is 18.1 Å². The lowest BCUT2D eigenvalue weighted by Crippen LogP contribution is -2.34. The Hall–Kier alpha value is -2.10. The first kappa shape index (κ1) is 22.2. The largest absolute Gasteiger partial charge is 0.416 e. The topological polar surface area (TPSA) is 55.5 Å². The minimum Gasteiger partial charge on any atom is -0.385 e. The summed E-state index contributed by atoms with van der Waals surface area (Å²) in [6.07, 6.45) is -11.1.